The summed E-state index contributed by atoms with van der Waals surface area (Å²) in [5.41, 5.74) is 3.25. The molecule has 0 aromatic heterocycles. The molecule has 0 aliphatic carbocycles. The Kier molecular flexibility index (Phi) is 3.90. The quantitative estimate of drug-likeness (QED) is 0.807. The Morgan fingerprint density at radius 1 is 1.28 bits per heavy atom. The first-order valence-electron chi connectivity index (χ1n) is 6.69. The first-order chi connectivity index (χ1) is 8.54. The lowest BCUT2D eigenvalue weighted by Gasteiger charge is -2.31. The molecule has 1 aliphatic rings. The van der Waals surface area contributed by atoms with Gasteiger partial charge in [0, 0.05) is 18.8 Å². The average Bonchev–Trinajstić information content (AvgIpc) is 2.27. The number of urea groups is 1. The van der Waals surface area contributed by atoms with Crippen LogP contribution in [0, 0.1) is 19.8 Å². The van der Waals surface area contributed by atoms with Gasteiger partial charge in [-0.3, -0.25) is 0 Å². The Balaban J connectivity index is 2.02. The third kappa shape index (κ3) is 3.25. The summed E-state index contributed by atoms with van der Waals surface area (Å²) in [5, 5.41) is 3.00. The van der Waals surface area contributed by atoms with Gasteiger partial charge in [0.1, 0.15) is 0 Å². The molecular formula is C15H22N2O. The number of hydrogen-bond donors (Lipinski definition) is 1. The van der Waals surface area contributed by atoms with E-state index in [1.807, 2.05) is 30.9 Å². The Morgan fingerprint density at radius 2 is 1.94 bits per heavy atom. The number of rotatable bonds is 1. The number of aryl methyl sites for hydroxylation is 2. The number of carbonyl (C=O) groups excluding carboxylic acids is 1. The minimum Gasteiger partial charge on any atom is -0.324 e. The van der Waals surface area contributed by atoms with Gasteiger partial charge in [-0.25, -0.2) is 4.79 Å². The van der Waals surface area contributed by atoms with Crippen molar-refractivity contribution in [1.82, 2.24) is 4.90 Å². The lowest BCUT2D eigenvalue weighted by Crippen LogP contribution is -2.41. The van der Waals surface area contributed by atoms with E-state index in [0.717, 1.165) is 25.2 Å². The minimum atomic E-state index is 0.0338. The Morgan fingerprint density at radius 3 is 2.56 bits per heavy atom. The van der Waals surface area contributed by atoms with Crippen LogP contribution in [-0.4, -0.2) is 24.0 Å². The fourth-order valence-corrected chi connectivity index (χ4v) is 2.62. The molecule has 3 nitrogen and oxygen atoms in total. The van der Waals surface area contributed by atoms with Crippen molar-refractivity contribution in [1.29, 1.82) is 0 Å². The van der Waals surface area contributed by atoms with Crippen LogP contribution in [0.3, 0.4) is 0 Å². The summed E-state index contributed by atoms with van der Waals surface area (Å²) in [6.45, 7) is 8.05. The van der Waals surface area contributed by atoms with Crippen molar-refractivity contribution in [3.05, 3.63) is 29.3 Å². The van der Waals surface area contributed by atoms with Crippen molar-refractivity contribution >= 4 is 11.7 Å². The number of amides is 2. The Hall–Kier alpha value is -1.51. The van der Waals surface area contributed by atoms with E-state index in [2.05, 4.69) is 18.3 Å². The largest absolute Gasteiger partial charge is 0.324 e. The van der Waals surface area contributed by atoms with Gasteiger partial charge in [0.15, 0.2) is 0 Å². The standard InChI is InChI=1S/C15H22N2O/c1-11-5-4-6-17(10-11)15(18)16-14-8-12(2)7-13(3)9-14/h7-9,11H,4-6,10H2,1-3H3,(H,16,18). The molecule has 1 heterocycles. The number of piperidine rings is 1. The zero-order valence-corrected chi connectivity index (χ0v) is 11.5. The van der Waals surface area contributed by atoms with Gasteiger partial charge in [0.25, 0.3) is 0 Å². The van der Waals surface area contributed by atoms with E-state index >= 15 is 0 Å². The highest BCUT2D eigenvalue weighted by Gasteiger charge is 2.20. The number of hydrogen-bond acceptors (Lipinski definition) is 1. The Labute approximate surface area is 109 Å². The average molecular weight is 246 g/mol. The topological polar surface area (TPSA) is 32.3 Å². The molecule has 1 N–H and O–H groups in total. The first-order valence-corrected chi connectivity index (χ1v) is 6.69. The van der Waals surface area contributed by atoms with E-state index in [4.69, 9.17) is 0 Å². The third-order valence-corrected chi connectivity index (χ3v) is 3.42. The molecular weight excluding hydrogens is 224 g/mol. The smallest absolute Gasteiger partial charge is 0.321 e. The molecule has 0 spiro atoms. The first kappa shape index (κ1) is 12.9. The van der Waals surface area contributed by atoms with Gasteiger partial charge in [-0.1, -0.05) is 13.0 Å². The van der Waals surface area contributed by atoms with E-state index in [9.17, 15) is 4.79 Å². The number of anilines is 1. The predicted octanol–water partition coefficient (Wildman–Crippen LogP) is 3.57. The molecule has 2 rings (SSSR count). The van der Waals surface area contributed by atoms with E-state index in [-0.39, 0.29) is 6.03 Å². The van der Waals surface area contributed by atoms with Gasteiger partial charge in [-0.05, 0) is 55.9 Å². The molecule has 1 aromatic rings. The molecule has 1 saturated heterocycles. The van der Waals surface area contributed by atoms with Gasteiger partial charge in [-0.15, -0.1) is 0 Å². The molecule has 3 heteroatoms. The summed E-state index contributed by atoms with van der Waals surface area (Å²) in [5.74, 6) is 0.615. The van der Waals surface area contributed by atoms with Crippen molar-refractivity contribution in [2.45, 2.75) is 33.6 Å². The number of likely N-dealkylation sites (tertiary alicyclic amines) is 1. The fraction of sp³-hybridized carbons (Fsp3) is 0.533. The lowest BCUT2D eigenvalue weighted by atomic mass is 10.0. The molecule has 0 radical (unpaired) electrons. The molecule has 0 bridgehead atoms. The summed E-state index contributed by atoms with van der Waals surface area (Å²) in [4.78, 5) is 14.1. The summed E-state index contributed by atoms with van der Waals surface area (Å²) in [6.07, 6.45) is 2.34. The molecule has 98 valence electrons. The highest BCUT2D eigenvalue weighted by molar-refractivity contribution is 5.89. The third-order valence-electron chi connectivity index (χ3n) is 3.42. The van der Waals surface area contributed by atoms with E-state index in [1.54, 1.807) is 0 Å². The lowest BCUT2D eigenvalue weighted by molar-refractivity contribution is 0.182. The molecule has 1 fully saturated rings. The minimum absolute atomic E-state index is 0.0338. The van der Waals surface area contributed by atoms with Crippen molar-refractivity contribution < 1.29 is 4.79 Å². The zero-order valence-electron chi connectivity index (χ0n) is 11.5. The van der Waals surface area contributed by atoms with Crippen LogP contribution in [0.15, 0.2) is 18.2 Å². The van der Waals surface area contributed by atoms with Crippen LogP contribution in [0.5, 0.6) is 0 Å². The summed E-state index contributed by atoms with van der Waals surface area (Å²) in [7, 11) is 0. The highest BCUT2D eigenvalue weighted by Crippen LogP contribution is 2.18. The molecule has 1 atom stereocenters. The number of carbonyl (C=O) groups is 1. The molecule has 1 aliphatic heterocycles. The second-order valence-corrected chi connectivity index (χ2v) is 5.50. The van der Waals surface area contributed by atoms with E-state index in [0.29, 0.717) is 5.92 Å². The van der Waals surface area contributed by atoms with Crippen molar-refractivity contribution in [2.24, 2.45) is 5.92 Å². The molecule has 18 heavy (non-hydrogen) atoms. The van der Waals surface area contributed by atoms with Crippen LogP contribution in [0.25, 0.3) is 0 Å². The predicted molar refractivity (Wildman–Crippen MR) is 74.9 cm³/mol. The molecule has 0 saturated carbocycles. The number of nitrogens with zero attached hydrogens (tertiary/aromatic N) is 1. The van der Waals surface area contributed by atoms with Crippen LogP contribution in [0.4, 0.5) is 10.5 Å². The van der Waals surface area contributed by atoms with Gasteiger partial charge >= 0.3 is 6.03 Å². The van der Waals surface area contributed by atoms with Gasteiger partial charge in [0.2, 0.25) is 0 Å². The summed E-state index contributed by atoms with van der Waals surface area (Å²) in [6, 6.07) is 6.17. The summed E-state index contributed by atoms with van der Waals surface area (Å²) < 4.78 is 0. The molecule has 1 unspecified atom stereocenters. The van der Waals surface area contributed by atoms with Crippen LogP contribution in [0.1, 0.15) is 30.9 Å². The Bertz CT molecular complexity index is 422. The van der Waals surface area contributed by atoms with Crippen LogP contribution < -0.4 is 5.32 Å². The maximum absolute atomic E-state index is 12.2. The monoisotopic (exact) mass is 246 g/mol. The normalized spacial score (nSPS) is 19.7. The van der Waals surface area contributed by atoms with Gasteiger partial charge < -0.3 is 10.2 Å². The van der Waals surface area contributed by atoms with Crippen molar-refractivity contribution in [2.75, 3.05) is 18.4 Å². The van der Waals surface area contributed by atoms with Crippen molar-refractivity contribution in [3.63, 3.8) is 0 Å². The second kappa shape index (κ2) is 5.42. The van der Waals surface area contributed by atoms with Crippen LogP contribution in [0.2, 0.25) is 0 Å². The van der Waals surface area contributed by atoms with E-state index in [1.165, 1.54) is 17.5 Å². The number of nitrogens with one attached hydrogen (secondary N) is 1. The molecule has 1 aromatic carbocycles. The van der Waals surface area contributed by atoms with Crippen LogP contribution in [-0.2, 0) is 0 Å². The fourth-order valence-electron chi connectivity index (χ4n) is 2.62. The zero-order chi connectivity index (χ0) is 13.1. The van der Waals surface area contributed by atoms with Gasteiger partial charge in [-0.2, -0.15) is 0 Å². The van der Waals surface area contributed by atoms with E-state index < -0.39 is 0 Å². The van der Waals surface area contributed by atoms with Crippen LogP contribution >= 0.6 is 0 Å². The molecule has 2 amide bonds. The van der Waals surface area contributed by atoms with Gasteiger partial charge in [0.05, 0.1) is 0 Å². The highest BCUT2D eigenvalue weighted by atomic mass is 16.2. The second-order valence-electron chi connectivity index (χ2n) is 5.50. The number of benzene rings is 1. The SMILES string of the molecule is Cc1cc(C)cc(NC(=O)N2CCCC(C)C2)c1. The summed E-state index contributed by atoms with van der Waals surface area (Å²) >= 11 is 0. The van der Waals surface area contributed by atoms with Crippen molar-refractivity contribution in [3.8, 4) is 0 Å². The maximum Gasteiger partial charge on any atom is 0.321 e. The maximum atomic E-state index is 12.2.